The smallest absolute Gasteiger partial charge is 0.0624 e. The van der Waals surface area contributed by atoms with Gasteiger partial charge in [-0.15, -0.1) is 0 Å². The Balaban J connectivity index is 2.51. The molecule has 0 radical (unpaired) electrons. The van der Waals surface area contributed by atoms with Gasteiger partial charge in [-0.05, 0) is 44.2 Å². The van der Waals surface area contributed by atoms with Crippen molar-refractivity contribution in [1.29, 1.82) is 0 Å². The zero-order valence-corrected chi connectivity index (χ0v) is 10.8. The summed E-state index contributed by atoms with van der Waals surface area (Å²) >= 11 is 0. The molecule has 3 nitrogen and oxygen atoms in total. The number of aromatic nitrogens is 2. The largest absolute Gasteiger partial charge is 0.330 e. The van der Waals surface area contributed by atoms with Gasteiger partial charge >= 0.3 is 0 Å². The zero-order chi connectivity index (χ0) is 12.0. The van der Waals surface area contributed by atoms with Crippen LogP contribution >= 0.6 is 0 Å². The van der Waals surface area contributed by atoms with E-state index in [9.17, 15) is 0 Å². The quantitative estimate of drug-likeness (QED) is 0.772. The van der Waals surface area contributed by atoms with Crippen LogP contribution in [0.5, 0.6) is 0 Å². The molecule has 0 aliphatic carbocycles. The number of nitrogens with two attached hydrogens (primary N) is 1. The Kier molecular flexibility index (Phi) is 5.53. The first-order valence-corrected chi connectivity index (χ1v) is 6.45. The maximum Gasteiger partial charge on any atom is 0.0624 e. The second-order valence-electron chi connectivity index (χ2n) is 4.64. The Bertz CT molecular complexity index is 289. The highest BCUT2D eigenvalue weighted by molar-refractivity contribution is 5.00. The molecule has 92 valence electrons. The molecule has 0 bridgehead atoms. The highest BCUT2D eigenvalue weighted by atomic mass is 15.3. The molecule has 1 aromatic heterocycles. The van der Waals surface area contributed by atoms with Gasteiger partial charge < -0.3 is 5.73 Å². The van der Waals surface area contributed by atoms with Gasteiger partial charge in [-0.1, -0.05) is 20.8 Å². The standard InChI is InChI=1S/C13H25N3/c1-4-13(5-2)16-9-8-12(15-16)7-6-11(3)10-14/h8-9,11,13H,4-7,10,14H2,1-3H3. The van der Waals surface area contributed by atoms with Crippen molar-refractivity contribution >= 4 is 0 Å². The molecular weight excluding hydrogens is 198 g/mol. The molecule has 16 heavy (non-hydrogen) atoms. The summed E-state index contributed by atoms with van der Waals surface area (Å²) in [6.07, 6.45) is 6.59. The van der Waals surface area contributed by atoms with Gasteiger partial charge in [0.2, 0.25) is 0 Å². The highest BCUT2D eigenvalue weighted by Crippen LogP contribution is 2.15. The maximum absolute atomic E-state index is 5.61. The predicted molar refractivity (Wildman–Crippen MR) is 68.4 cm³/mol. The molecule has 1 heterocycles. The molecular formula is C13H25N3. The molecule has 0 saturated heterocycles. The van der Waals surface area contributed by atoms with Crippen LogP contribution in [0.1, 0.15) is 51.8 Å². The minimum atomic E-state index is 0.556. The Hall–Kier alpha value is -0.830. The average Bonchev–Trinajstić information content (AvgIpc) is 2.76. The second kappa shape index (κ2) is 6.69. The lowest BCUT2D eigenvalue weighted by atomic mass is 10.1. The predicted octanol–water partition coefficient (Wildman–Crippen LogP) is 2.77. The summed E-state index contributed by atoms with van der Waals surface area (Å²) in [6.45, 7) is 7.39. The molecule has 3 heteroatoms. The highest BCUT2D eigenvalue weighted by Gasteiger charge is 2.08. The molecule has 0 spiro atoms. The lowest BCUT2D eigenvalue weighted by Crippen LogP contribution is -2.12. The Labute approximate surface area is 99.0 Å². The molecule has 1 rings (SSSR count). The van der Waals surface area contributed by atoms with E-state index in [1.54, 1.807) is 0 Å². The van der Waals surface area contributed by atoms with Crippen LogP contribution in [0.3, 0.4) is 0 Å². The molecule has 1 aromatic rings. The lowest BCUT2D eigenvalue weighted by molar-refractivity contribution is 0.423. The average molecular weight is 223 g/mol. The zero-order valence-electron chi connectivity index (χ0n) is 10.8. The van der Waals surface area contributed by atoms with Gasteiger partial charge in [0.1, 0.15) is 0 Å². The van der Waals surface area contributed by atoms with Gasteiger partial charge in [0, 0.05) is 6.20 Å². The first kappa shape index (κ1) is 13.2. The van der Waals surface area contributed by atoms with Crippen LogP contribution in [0.15, 0.2) is 12.3 Å². The van der Waals surface area contributed by atoms with E-state index in [-0.39, 0.29) is 0 Å². The van der Waals surface area contributed by atoms with Crippen molar-refractivity contribution in [2.75, 3.05) is 6.54 Å². The maximum atomic E-state index is 5.61. The third-order valence-electron chi connectivity index (χ3n) is 3.28. The van der Waals surface area contributed by atoms with E-state index >= 15 is 0 Å². The van der Waals surface area contributed by atoms with Crippen molar-refractivity contribution in [3.05, 3.63) is 18.0 Å². The van der Waals surface area contributed by atoms with Gasteiger partial charge in [0.05, 0.1) is 11.7 Å². The van der Waals surface area contributed by atoms with Gasteiger partial charge in [0.15, 0.2) is 0 Å². The SMILES string of the molecule is CCC(CC)n1ccc(CCC(C)CN)n1. The summed E-state index contributed by atoms with van der Waals surface area (Å²) in [7, 11) is 0. The molecule has 0 saturated carbocycles. The van der Waals surface area contributed by atoms with Crippen LogP contribution in [0.25, 0.3) is 0 Å². The van der Waals surface area contributed by atoms with E-state index < -0.39 is 0 Å². The number of rotatable bonds is 7. The molecule has 1 atom stereocenters. The van der Waals surface area contributed by atoms with Crippen molar-refractivity contribution in [1.82, 2.24) is 9.78 Å². The van der Waals surface area contributed by atoms with E-state index in [2.05, 4.69) is 42.8 Å². The summed E-state index contributed by atoms with van der Waals surface area (Å²) in [6, 6.07) is 2.70. The summed E-state index contributed by atoms with van der Waals surface area (Å²) in [5.41, 5.74) is 6.81. The first-order valence-electron chi connectivity index (χ1n) is 6.45. The Morgan fingerprint density at radius 1 is 1.38 bits per heavy atom. The van der Waals surface area contributed by atoms with Crippen molar-refractivity contribution in [2.45, 2.75) is 52.5 Å². The van der Waals surface area contributed by atoms with E-state index in [4.69, 9.17) is 5.73 Å². The molecule has 0 aliphatic heterocycles. The number of aryl methyl sites for hydroxylation is 1. The van der Waals surface area contributed by atoms with Crippen molar-refractivity contribution in [3.63, 3.8) is 0 Å². The van der Waals surface area contributed by atoms with Gasteiger partial charge in [-0.25, -0.2) is 0 Å². The summed E-state index contributed by atoms with van der Waals surface area (Å²) in [4.78, 5) is 0. The Morgan fingerprint density at radius 3 is 2.62 bits per heavy atom. The van der Waals surface area contributed by atoms with Gasteiger partial charge in [-0.2, -0.15) is 5.10 Å². The minimum Gasteiger partial charge on any atom is -0.330 e. The monoisotopic (exact) mass is 223 g/mol. The topological polar surface area (TPSA) is 43.8 Å². The Morgan fingerprint density at radius 2 is 2.06 bits per heavy atom. The fraction of sp³-hybridized carbons (Fsp3) is 0.769. The van der Waals surface area contributed by atoms with E-state index in [1.807, 2.05) is 0 Å². The minimum absolute atomic E-state index is 0.556. The second-order valence-corrected chi connectivity index (χ2v) is 4.64. The molecule has 0 aromatic carbocycles. The van der Waals surface area contributed by atoms with Crippen LogP contribution in [0.4, 0.5) is 0 Å². The third-order valence-corrected chi connectivity index (χ3v) is 3.28. The summed E-state index contributed by atoms with van der Waals surface area (Å²) < 4.78 is 2.11. The van der Waals surface area contributed by atoms with Crippen LogP contribution in [-0.4, -0.2) is 16.3 Å². The number of hydrogen-bond donors (Lipinski definition) is 1. The van der Waals surface area contributed by atoms with Crippen molar-refractivity contribution in [3.8, 4) is 0 Å². The van der Waals surface area contributed by atoms with E-state index in [1.165, 1.54) is 5.69 Å². The molecule has 0 fully saturated rings. The van der Waals surface area contributed by atoms with Crippen LogP contribution in [-0.2, 0) is 6.42 Å². The van der Waals surface area contributed by atoms with Gasteiger partial charge in [0.25, 0.3) is 0 Å². The van der Waals surface area contributed by atoms with E-state index in [0.29, 0.717) is 12.0 Å². The van der Waals surface area contributed by atoms with Crippen LogP contribution in [0, 0.1) is 5.92 Å². The third kappa shape index (κ3) is 3.63. The molecule has 0 amide bonds. The molecule has 2 N–H and O–H groups in total. The van der Waals surface area contributed by atoms with E-state index in [0.717, 1.165) is 32.2 Å². The van der Waals surface area contributed by atoms with Gasteiger partial charge in [-0.3, -0.25) is 4.68 Å². The summed E-state index contributed by atoms with van der Waals surface area (Å²) in [5, 5.41) is 4.63. The number of hydrogen-bond acceptors (Lipinski definition) is 2. The fourth-order valence-corrected chi connectivity index (χ4v) is 1.89. The van der Waals surface area contributed by atoms with Crippen LogP contribution in [0.2, 0.25) is 0 Å². The fourth-order valence-electron chi connectivity index (χ4n) is 1.89. The molecule has 1 unspecified atom stereocenters. The first-order chi connectivity index (χ1) is 7.71. The number of nitrogens with zero attached hydrogens (tertiary/aromatic N) is 2. The summed E-state index contributed by atoms with van der Waals surface area (Å²) in [5.74, 6) is 0.596. The van der Waals surface area contributed by atoms with Crippen molar-refractivity contribution in [2.24, 2.45) is 11.7 Å². The molecule has 0 aliphatic rings. The van der Waals surface area contributed by atoms with Crippen molar-refractivity contribution < 1.29 is 0 Å². The lowest BCUT2D eigenvalue weighted by Gasteiger charge is -2.12. The normalized spacial score (nSPS) is 13.3. The van der Waals surface area contributed by atoms with Crippen LogP contribution < -0.4 is 5.73 Å².